The van der Waals surface area contributed by atoms with Gasteiger partial charge in [-0.2, -0.15) is 0 Å². The predicted molar refractivity (Wildman–Crippen MR) is 119 cm³/mol. The molecule has 3 aromatic carbocycles. The van der Waals surface area contributed by atoms with Crippen LogP contribution in [-0.4, -0.2) is 25.7 Å². The van der Waals surface area contributed by atoms with Gasteiger partial charge >= 0.3 is 5.97 Å². The number of hydrogen-bond donors (Lipinski definition) is 0. The van der Waals surface area contributed by atoms with Crippen molar-refractivity contribution in [2.24, 2.45) is 0 Å². The number of Topliss-reactive ketones (excluding diaryl/α,β-unsaturated/α-hetero) is 1. The van der Waals surface area contributed by atoms with Crippen LogP contribution < -0.4 is 18.9 Å². The molecule has 7 nitrogen and oxygen atoms in total. The van der Waals surface area contributed by atoms with E-state index in [9.17, 15) is 9.59 Å². The van der Waals surface area contributed by atoms with Gasteiger partial charge in [0.2, 0.25) is 12.6 Å². The van der Waals surface area contributed by atoms with Gasteiger partial charge in [-0.15, -0.1) is 0 Å². The fourth-order valence-corrected chi connectivity index (χ4v) is 3.69. The van der Waals surface area contributed by atoms with Crippen molar-refractivity contribution in [2.75, 3.05) is 13.9 Å². The highest BCUT2D eigenvalue weighted by Gasteiger charge is 2.30. The molecule has 7 heteroatoms. The molecule has 0 bridgehead atoms. The highest BCUT2D eigenvalue weighted by atomic mass is 16.7. The zero-order valence-corrected chi connectivity index (χ0v) is 18.0. The lowest BCUT2D eigenvalue weighted by atomic mass is 10.1. The fraction of sp³-hybridized carbons (Fsp3) is 0.154. The van der Waals surface area contributed by atoms with E-state index in [1.165, 1.54) is 7.11 Å². The molecule has 0 radical (unpaired) electrons. The number of benzene rings is 3. The molecule has 0 spiro atoms. The topological polar surface area (TPSA) is 80.3 Å². The molecule has 0 fully saturated rings. The molecule has 0 unspecified atom stereocenters. The smallest absolute Gasteiger partial charge is 0.337 e. The zero-order chi connectivity index (χ0) is 22.9. The third-order valence-electron chi connectivity index (χ3n) is 5.50. The largest absolute Gasteiger partial charge is 0.488 e. The molecular weight excluding hydrogens is 424 g/mol. The van der Waals surface area contributed by atoms with Crippen LogP contribution in [0.1, 0.15) is 37.4 Å². The standard InChI is InChI=1S/C26H20O7/c1-15-20(30-13-16-3-6-18(7-4-16)26(28)29-2)10-8-19-24(27)23(33-25(15)19)12-17-5-9-21-22(11-17)32-14-31-21/h3-12H,13-14H2,1-2H3/b23-12-. The van der Waals surface area contributed by atoms with Gasteiger partial charge in [0.05, 0.1) is 18.2 Å². The molecule has 166 valence electrons. The van der Waals surface area contributed by atoms with Crippen molar-refractivity contribution in [1.29, 1.82) is 0 Å². The SMILES string of the molecule is COC(=O)c1ccc(COc2ccc3c(c2C)O/C(=C\c2ccc4c(c2)OCO4)C3=O)cc1. The second-order valence-corrected chi connectivity index (χ2v) is 7.60. The summed E-state index contributed by atoms with van der Waals surface area (Å²) >= 11 is 0. The van der Waals surface area contributed by atoms with Gasteiger partial charge < -0.3 is 23.7 Å². The van der Waals surface area contributed by atoms with E-state index in [1.807, 2.05) is 19.1 Å². The van der Waals surface area contributed by atoms with Crippen molar-refractivity contribution in [3.8, 4) is 23.0 Å². The summed E-state index contributed by atoms with van der Waals surface area (Å²) < 4.78 is 27.3. The van der Waals surface area contributed by atoms with E-state index in [0.29, 0.717) is 40.7 Å². The van der Waals surface area contributed by atoms with Crippen molar-refractivity contribution < 1.29 is 33.3 Å². The molecule has 2 heterocycles. The monoisotopic (exact) mass is 444 g/mol. The summed E-state index contributed by atoms with van der Waals surface area (Å²) in [7, 11) is 1.35. The van der Waals surface area contributed by atoms with E-state index in [-0.39, 0.29) is 24.3 Å². The predicted octanol–water partition coefficient (Wildman–Crippen LogP) is 4.71. The van der Waals surface area contributed by atoms with Gasteiger partial charge in [0, 0.05) is 5.56 Å². The molecule has 0 atom stereocenters. The van der Waals surface area contributed by atoms with E-state index in [1.54, 1.807) is 48.5 Å². The first-order valence-corrected chi connectivity index (χ1v) is 10.3. The number of methoxy groups -OCH3 is 1. The summed E-state index contributed by atoms with van der Waals surface area (Å²) in [4.78, 5) is 24.4. The molecule has 2 aliphatic heterocycles. The zero-order valence-electron chi connectivity index (χ0n) is 18.0. The minimum absolute atomic E-state index is 0.185. The maximum Gasteiger partial charge on any atom is 0.337 e. The van der Waals surface area contributed by atoms with Gasteiger partial charge in [0.15, 0.2) is 17.3 Å². The highest BCUT2D eigenvalue weighted by molar-refractivity contribution is 6.15. The number of allylic oxidation sites excluding steroid dienone is 1. The molecule has 0 saturated carbocycles. The molecule has 33 heavy (non-hydrogen) atoms. The Labute approximate surface area is 190 Å². The van der Waals surface area contributed by atoms with Crippen LogP contribution in [0.2, 0.25) is 0 Å². The first-order chi connectivity index (χ1) is 16.0. The van der Waals surface area contributed by atoms with Gasteiger partial charge in [-0.25, -0.2) is 4.79 Å². The summed E-state index contributed by atoms with van der Waals surface area (Å²) in [5.74, 6) is 2.09. The van der Waals surface area contributed by atoms with Gasteiger partial charge in [-0.05, 0) is 60.5 Å². The van der Waals surface area contributed by atoms with Crippen molar-refractivity contribution in [1.82, 2.24) is 0 Å². The Hall–Kier alpha value is -4.26. The van der Waals surface area contributed by atoms with Crippen LogP contribution in [-0.2, 0) is 11.3 Å². The van der Waals surface area contributed by atoms with Crippen molar-refractivity contribution in [3.63, 3.8) is 0 Å². The number of fused-ring (bicyclic) bond motifs is 2. The lowest BCUT2D eigenvalue weighted by Crippen LogP contribution is -2.02. The Balaban J connectivity index is 1.32. The van der Waals surface area contributed by atoms with Crippen LogP contribution in [0.4, 0.5) is 0 Å². The van der Waals surface area contributed by atoms with Gasteiger partial charge in [-0.1, -0.05) is 18.2 Å². The summed E-state index contributed by atoms with van der Waals surface area (Å²) in [5, 5.41) is 0. The Morgan fingerprint density at radius 2 is 1.82 bits per heavy atom. The maximum absolute atomic E-state index is 12.9. The third kappa shape index (κ3) is 3.89. The fourth-order valence-electron chi connectivity index (χ4n) is 3.69. The Morgan fingerprint density at radius 1 is 1.03 bits per heavy atom. The van der Waals surface area contributed by atoms with Crippen molar-refractivity contribution in [2.45, 2.75) is 13.5 Å². The third-order valence-corrected chi connectivity index (χ3v) is 5.50. The lowest BCUT2D eigenvalue weighted by molar-refractivity contribution is 0.0600. The first-order valence-electron chi connectivity index (χ1n) is 10.3. The van der Waals surface area contributed by atoms with Gasteiger partial charge in [-0.3, -0.25) is 4.79 Å². The van der Waals surface area contributed by atoms with Gasteiger partial charge in [0.1, 0.15) is 18.1 Å². The van der Waals surface area contributed by atoms with E-state index < -0.39 is 0 Å². The molecule has 0 aliphatic carbocycles. The van der Waals surface area contributed by atoms with Gasteiger partial charge in [0.25, 0.3) is 0 Å². The van der Waals surface area contributed by atoms with E-state index >= 15 is 0 Å². The molecule has 5 rings (SSSR count). The van der Waals surface area contributed by atoms with Crippen molar-refractivity contribution >= 4 is 17.8 Å². The summed E-state index contributed by atoms with van der Waals surface area (Å²) in [5.41, 5.74) is 3.38. The average molecular weight is 444 g/mol. The lowest BCUT2D eigenvalue weighted by Gasteiger charge is -2.12. The normalized spacial score (nSPS) is 14.7. The average Bonchev–Trinajstić information content (AvgIpc) is 3.43. The molecule has 0 saturated heterocycles. The maximum atomic E-state index is 12.9. The Bertz CT molecular complexity index is 1290. The second kappa shape index (κ2) is 8.35. The number of ether oxygens (including phenoxy) is 5. The first kappa shape index (κ1) is 20.6. The Morgan fingerprint density at radius 3 is 2.61 bits per heavy atom. The summed E-state index contributed by atoms with van der Waals surface area (Å²) in [6.45, 7) is 2.34. The molecule has 0 amide bonds. The summed E-state index contributed by atoms with van der Waals surface area (Å²) in [6.07, 6.45) is 1.69. The van der Waals surface area contributed by atoms with Crippen LogP contribution in [0.3, 0.4) is 0 Å². The molecular formula is C26H20O7. The van der Waals surface area contributed by atoms with E-state index in [0.717, 1.165) is 16.7 Å². The van der Waals surface area contributed by atoms with Crippen LogP contribution in [0.5, 0.6) is 23.0 Å². The number of carbonyl (C=O) groups excluding carboxylic acids is 2. The van der Waals surface area contributed by atoms with Crippen molar-refractivity contribution in [3.05, 3.63) is 88.2 Å². The number of hydrogen-bond acceptors (Lipinski definition) is 7. The highest BCUT2D eigenvalue weighted by Crippen LogP contribution is 2.40. The molecule has 2 aliphatic rings. The summed E-state index contributed by atoms with van der Waals surface area (Å²) in [6, 6.07) is 15.9. The minimum Gasteiger partial charge on any atom is -0.488 e. The van der Waals surface area contributed by atoms with Crippen LogP contribution in [0.15, 0.2) is 60.4 Å². The van der Waals surface area contributed by atoms with E-state index in [4.69, 9.17) is 23.7 Å². The number of esters is 1. The second-order valence-electron chi connectivity index (χ2n) is 7.60. The molecule has 0 N–H and O–H groups in total. The number of rotatable bonds is 5. The number of ketones is 1. The quantitative estimate of drug-likeness (QED) is 0.417. The molecule has 3 aromatic rings. The van der Waals surface area contributed by atoms with Crippen LogP contribution in [0.25, 0.3) is 6.08 Å². The van der Waals surface area contributed by atoms with E-state index in [2.05, 4.69) is 0 Å². The Kier molecular flexibility index (Phi) is 5.22. The number of carbonyl (C=O) groups is 2. The van der Waals surface area contributed by atoms with Crippen LogP contribution in [0, 0.1) is 6.92 Å². The minimum atomic E-state index is -0.386. The molecule has 0 aromatic heterocycles. The van der Waals surface area contributed by atoms with Crippen LogP contribution >= 0.6 is 0 Å².